The Morgan fingerprint density at radius 1 is 0.800 bits per heavy atom. The first kappa shape index (κ1) is 14.0. The van der Waals surface area contributed by atoms with Crippen molar-refractivity contribution >= 4 is 0 Å². The molecule has 0 unspecified atom stereocenters. The van der Waals surface area contributed by atoms with E-state index in [1.54, 1.807) is 0 Å². The van der Waals surface area contributed by atoms with Crippen LogP contribution >= 0.6 is 0 Å². The van der Waals surface area contributed by atoms with Crippen molar-refractivity contribution in [3.8, 4) is 35.3 Å². The van der Waals surface area contributed by atoms with Gasteiger partial charge in [-0.25, -0.2) is 0 Å². The topological polar surface area (TPSA) is 0 Å². The molecule has 0 bridgehead atoms. The summed E-state index contributed by atoms with van der Waals surface area (Å²) in [6.45, 7) is 6.67. The van der Waals surface area contributed by atoms with E-state index in [0.29, 0.717) is 0 Å². The Morgan fingerprint density at radius 2 is 1.30 bits per heavy atom. The van der Waals surface area contributed by atoms with Gasteiger partial charge < -0.3 is 0 Å². The highest BCUT2D eigenvalue weighted by molar-refractivity contribution is 5.65. The smallest absolute Gasteiger partial charge is 0.0255 e. The van der Waals surface area contributed by atoms with E-state index in [1.807, 2.05) is 12.1 Å². The third-order valence-corrected chi connectivity index (χ3v) is 3.25. The molecular formula is C20H18. The van der Waals surface area contributed by atoms with Crippen molar-refractivity contribution in [3.63, 3.8) is 0 Å². The van der Waals surface area contributed by atoms with Gasteiger partial charge in [0, 0.05) is 5.56 Å². The molecule has 0 aliphatic carbocycles. The summed E-state index contributed by atoms with van der Waals surface area (Å²) in [4.78, 5) is 0. The third kappa shape index (κ3) is 3.31. The maximum Gasteiger partial charge on any atom is 0.0255 e. The molecule has 0 saturated heterocycles. The minimum Gasteiger partial charge on any atom is -0.106 e. The molecule has 0 amide bonds. The Bertz CT molecular complexity index is 675. The standard InChI is InChI=1S/C20H18/c1-5-6-7-16-8-10-17(11-9-16)18-12-14-19(15-13-18)20(2,3)4/h1,8-15H,2-4H3. The molecule has 0 nitrogen and oxygen atoms in total. The quantitative estimate of drug-likeness (QED) is 0.654. The van der Waals surface area contributed by atoms with Crippen LogP contribution in [0.4, 0.5) is 0 Å². The van der Waals surface area contributed by atoms with Crippen molar-refractivity contribution in [2.75, 3.05) is 0 Å². The Balaban J connectivity index is 2.26. The van der Waals surface area contributed by atoms with Gasteiger partial charge in [0.15, 0.2) is 0 Å². The maximum absolute atomic E-state index is 5.12. The van der Waals surface area contributed by atoms with Gasteiger partial charge in [-0.2, -0.15) is 0 Å². The zero-order valence-corrected chi connectivity index (χ0v) is 12.2. The van der Waals surface area contributed by atoms with Gasteiger partial charge in [-0.05, 0) is 46.1 Å². The lowest BCUT2D eigenvalue weighted by molar-refractivity contribution is 0.590. The van der Waals surface area contributed by atoms with Gasteiger partial charge in [-0.1, -0.05) is 63.1 Å². The van der Waals surface area contributed by atoms with Crippen molar-refractivity contribution in [2.45, 2.75) is 26.2 Å². The van der Waals surface area contributed by atoms with Crippen LogP contribution in [0.3, 0.4) is 0 Å². The Kier molecular flexibility index (Phi) is 3.97. The van der Waals surface area contributed by atoms with Crippen molar-refractivity contribution in [1.82, 2.24) is 0 Å². The van der Waals surface area contributed by atoms with Crippen molar-refractivity contribution in [2.24, 2.45) is 0 Å². The highest BCUT2D eigenvalue weighted by Gasteiger charge is 2.12. The summed E-state index contributed by atoms with van der Waals surface area (Å²) in [6, 6.07) is 16.9. The zero-order chi connectivity index (χ0) is 14.6. The second kappa shape index (κ2) is 5.68. The summed E-state index contributed by atoms with van der Waals surface area (Å²) < 4.78 is 0. The van der Waals surface area contributed by atoms with E-state index in [0.717, 1.165) is 5.56 Å². The molecule has 0 fully saturated rings. The van der Waals surface area contributed by atoms with Gasteiger partial charge >= 0.3 is 0 Å². The molecule has 2 rings (SSSR count). The second-order valence-corrected chi connectivity index (χ2v) is 5.80. The molecule has 0 heterocycles. The lowest BCUT2D eigenvalue weighted by atomic mass is 9.86. The zero-order valence-electron chi connectivity index (χ0n) is 12.2. The highest BCUT2D eigenvalue weighted by Crippen LogP contribution is 2.26. The predicted octanol–water partition coefficient (Wildman–Crippen LogP) is 4.64. The van der Waals surface area contributed by atoms with E-state index in [4.69, 9.17) is 6.42 Å². The van der Waals surface area contributed by atoms with Gasteiger partial charge in [0.05, 0.1) is 0 Å². The van der Waals surface area contributed by atoms with Crippen LogP contribution in [0, 0.1) is 24.2 Å². The van der Waals surface area contributed by atoms with Gasteiger partial charge in [-0.3, -0.25) is 0 Å². The molecule has 0 aliphatic rings. The molecule has 2 aromatic rings. The number of terminal acetylenes is 1. The minimum atomic E-state index is 0.188. The van der Waals surface area contributed by atoms with Crippen LogP contribution in [0.5, 0.6) is 0 Å². The first-order valence-corrected chi connectivity index (χ1v) is 6.68. The molecule has 20 heavy (non-hydrogen) atoms. The van der Waals surface area contributed by atoms with Crippen molar-refractivity contribution < 1.29 is 0 Å². The third-order valence-electron chi connectivity index (χ3n) is 3.25. The summed E-state index contributed by atoms with van der Waals surface area (Å²) in [6.07, 6.45) is 5.12. The fourth-order valence-electron chi connectivity index (χ4n) is 2.02. The van der Waals surface area contributed by atoms with E-state index < -0.39 is 0 Å². The summed E-state index contributed by atoms with van der Waals surface area (Å²) >= 11 is 0. The van der Waals surface area contributed by atoms with Crippen LogP contribution in [0.25, 0.3) is 11.1 Å². The van der Waals surface area contributed by atoms with Gasteiger partial charge in [-0.15, -0.1) is 6.42 Å². The summed E-state index contributed by atoms with van der Waals surface area (Å²) in [5.74, 6) is 7.86. The molecule has 0 N–H and O–H groups in total. The normalized spacial score (nSPS) is 10.3. The molecule has 0 spiro atoms. The fourth-order valence-corrected chi connectivity index (χ4v) is 2.02. The van der Waals surface area contributed by atoms with E-state index >= 15 is 0 Å². The summed E-state index contributed by atoms with van der Waals surface area (Å²) in [7, 11) is 0. The first-order valence-electron chi connectivity index (χ1n) is 6.68. The van der Waals surface area contributed by atoms with Crippen LogP contribution in [0.1, 0.15) is 31.9 Å². The first-order chi connectivity index (χ1) is 9.50. The summed E-state index contributed by atoms with van der Waals surface area (Å²) in [5.41, 5.74) is 4.88. The van der Waals surface area contributed by atoms with Gasteiger partial charge in [0.1, 0.15) is 0 Å². The maximum atomic E-state index is 5.12. The average Bonchev–Trinajstić information content (AvgIpc) is 2.45. The largest absolute Gasteiger partial charge is 0.106 e. The average molecular weight is 258 g/mol. The minimum absolute atomic E-state index is 0.188. The summed E-state index contributed by atoms with van der Waals surface area (Å²) in [5, 5.41) is 0. The van der Waals surface area contributed by atoms with Crippen LogP contribution < -0.4 is 0 Å². The molecule has 98 valence electrons. The van der Waals surface area contributed by atoms with Gasteiger partial charge in [0.2, 0.25) is 0 Å². The number of rotatable bonds is 1. The predicted molar refractivity (Wildman–Crippen MR) is 86.3 cm³/mol. The van der Waals surface area contributed by atoms with Crippen LogP contribution in [0.2, 0.25) is 0 Å². The van der Waals surface area contributed by atoms with Crippen LogP contribution in [-0.4, -0.2) is 0 Å². The lowest BCUT2D eigenvalue weighted by Crippen LogP contribution is -2.10. The molecule has 0 radical (unpaired) electrons. The van der Waals surface area contributed by atoms with Gasteiger partial charge in [0.25, 0.3) is 0 Å². The fraction of sp³-hybridized carbons (Fsp3) is 0.200. The van der Waals surface area contributed by atoms with Crippen LogP contribution in [-0.2, 0) is 5.41 Å². The van der Waals surface area contributed by atoms with E-state index in [1.165, 1.54) is 16.7 Å². The monoisotopic (exact) mass is 258 g/mol. The molecule has 0 heteroatoms. The van der Waals surface area contributed by atoms with E-state index in [2.05, 4.69) is 74.9 Å². The molecule has 2 aromatic carbocycles. The molecular weight excluding hydrogens is 240 g/mol. The molecule has 0 atom stereocenters. The number of benzene rings is 2. The molecule has 0 aromatic heterocycles. The van der Waals surface area contributed by atoms with E-state index in [-0.39, 0.29) is 5.41 Å². The molecule has 0 aliphatic heterocycles. The van der Waals surface area contributed by atoms with Crippen molar-refractivity contribution in [1.29, 1.82) is 0 Å². The van der Waals surface area contributed by atoms with Crippen molar-refractivity contribution in [3.05, 3.63) is 59.7 Å². The van der Waals surface area contributed by atoms with E-state index in [9.17, 15) is 0 Å². The Labute approximate surface area is 121 Å². The highest BCUT2D eigenvalue weighted by atomic mass is 14.2. The lowest BCUT2D eigenvalue weighted by Gasteiger charge is -2.19. The number of hydrogen-bond donors (Lipinski definition) is 0. The Hall–Kier alpha value is -2.44. The SMILES string of the molecule is C#CC#Cc1ccc(-c2ccc(C(C)(C)C)cc2)cc1. The Morgan fingerprint density at radius 3 is 1.75 bits per heavy atom. The van der Waals surface area contributed by atoms with Crippen LogP contribution in [0.15, 0.2) is 48.5 Å². The number of hydrogen-bond acceptors (Lipinski definition) is 0. The second-order valence-electron chi connectivity index (χ2n) is 5.80. The molecule has 0 saturated carbocycles.